The van der Waals surface area contributed by atoms with Gasteiger partial charge in [0.2, 0.25) is 0 Å². The number of carbonyl (C=O) groups excluding carboxylic acids is 1. The van der Waals surface area contributed by atoms with Crippen LogP contribution < -0.4 is 0 Å². The van der Waals surface area contributed by atoms with Crippen molar-refractivity contribution in [3.05, 3.63) is 59.4 Å². The molecule has 3 aromatic rings. The third kappa shape index (κ3) is 3.03. The van der Waals surface area contributed by atoms with Crippen molar-refractivity contribution in [2.24, 2.45) is 7.05 Å². The lowest BCUT2D eigenvalue weighted by atomic mass is 9.96. The second-order valence-corrected chi connectivity index (χ2v) is 8.38. The number of imidazole rings is 1. The van der Waals surface area contributed by atoms with Crippen molar-refractivity contribution in [3.8, 4) is 5.75 Å². The Morgan fingerprint density at radius 2 is 1.86 bits per heavy atom. The number of rotatable bonds is 4. The molecule has 0 unspecified atom stereocenters. The molecule has 1 saturated carbocycles. The summed E-state index contributed by atoms with van der Waals surface area (Å²) in [6, 6.07) is 13.1. The number of fused-ring (bicyclic) bond motifs is 1. The topological polar surface area (TPSA) is 73.6 Å². The molecular formula is C23H24N2O4. The van der Waals surface area contributed by atoms with E-state index in [4.69, 9.17) is 9.47 Å². The van der Waals surface area contributed by atoms with Crippen molar-refractivity contribution < 1.29 is 19.4 Å². The number of nitrogens with zero attached hydrogens (tertiary/aromatic N) is 2. The van der Waals surface area contributed by atoms with Crippen LogP contribution in [0.25, 0.3) is 11.0 Å². The molecule has 1 aliphatic carbocycles. The summed E-state index contributed by atoms with van der Waals surface area (Å²) >= 11 is 0. The molecule has 0 amide bonds. The molecule has 0 bridgehead atoms. The van der Waals surface area contributed by atoms with Crippen LogP contribution in [0.2, 0.25) is 0 Å². The number of hydrogen-bond acceptors (Lipinski definition) is 5. The fraction of sp³-hybridized carbons (Fsp3) is 0.391. The summed E-state index contributed by atoms with van der Waals surface area (Å²) in [5, 5.41) is 10.9. The van der Waals surface area contributed by atoms with E-state index < -0.39 is 18.0 Å². The molecule has 2 atom stereocenters. The molecule has 2 aromatic carbocycles. The van der Waals surface area contributed by atoms with E-state index in [1.54, 1.807) is 19.9 Å². The second kappa shape index (κ2) is 6.40. The average Bonchev–Trinajstić information content (AvgIpc) is 3.41. The van der Waals surface area contributed by atoms with E-state index in [9.17, 15) is 9.90 Å². The molecule has 6 nitrogen and oxygen atoms in total. The third-order valence-corrected chi connectivity index (χ3v) is 5.75. The highest BCUT2D eigenvalue weighted by atomic mass is 16.8. The van der Waals surface area contributed by atoms with E-state index in [0.717, 1.165) is 29.7 Å². The van der Waals surface area contributed by atoms with Crippen molar-refractivity contribution in [2.75, 3.05) is 0 Å². The molecule has 1 aliphatic heterocycles. The Hall–Kier alpha value is -2.70. The molecule has 2 aliphatic rings. The van der Waals surface area contributed by atoms with Crippen LogP contribution >= 0.6 is 0 Å². The highest BCUT2D eigenvalue weighted by Gasteiger charge is 2.46. The minimum absolute atomic E-state index is 0.0879. The molecule has 1 saturated heterocycles. The zero-order valence-electron chi connectivity index (χ0n) is 16.8. The van der Waals surface area contributed by atoms with Crippen LogP contribution in [0.15, 0.2) is 42.5 Å². The van der Waals surface area contributed by atoms with E-state index in [2.05, 4.69) is 4.98 Å². The number of phenolic OH excluding ortho intramolecular Hbond substituents is 1. The van der Waals surface area contributed by atoms with Crippen LogP contribution in [0.1, 0.15) is 60.5 Å². The smallest absolute Gasteiger partial charge is 0.198 e. The zero-order chi connectivity index (χ0) is 20.3. The van der Waals surface area contributed by atoms with Crippen LogP contribution in [-0.4, -0.2) is 32.3 Å². The standard InChI is InChI=1S/C23H24N2O4/c1-23(2)28-20(13-7-5-4-6-8-13)21(29-23)19(27)15-11-12-16-17(18(15)26)24-22(25(16)3)14-9-10-14/h4-8,11-12,14,20-21,26H,9-10H2,1-3H3/t20-,21-/m0/s1. The maximum absolute atomic E-state index is 13.4. The lowest BCUT2D eigenvalue weighted by molar-refractivity contribution is -0.143. The van der Waals surface area contributed by atoms with E-state index in [-0.39, 0.29) is 17.1 Å². The summed E-state index contributed by atoms with van der Waals surface area (Å²) in [5.74, 6) is 0.118. The third-order valence-electron chi connectivity index (χ3n) is 5.75. The zero-order valence-corrected chi connectivity index (χ0v) is 16.8. The number of benzene rings is 2. The molecule has 5 rings (SSSR count). The van der Waals surface area contributed by atoms with Crippen LogP contribution in [0.3, 0.4) is 0 Å². The lowest BCUT2D eigenvalue weighted by Crippen LogP contribution is -2.28. The van der Waals surface area contributed by atoms with Gasteiger partial charge in [-0.2, -0.15) is 0 Å². The van der Waals surface area contributed by atoms with E-state index >= 15 is 0 Å². The molecule has 1 aromatic heterocycles. The van der Waals surface area contributed by atoms with Gasteiger partial charge in [-0.3, -0.25) is 4.79 Å². The number of ether oxygens (including phenoxy) is 2. The second-order valence-electron chi connectivity index (χ2n) is 8.38. The Balaban J connectivity index is 1.55. The Morgan fingerprint density at radius 1 is 1.14 bits per heavy atom. The van der Waals surface area contributed by atoms with E-state index in [0.29, 0.717) is 11.4 Å². The predicted molar refractivity (Wildman–Crippen MR) is 108 cm³/mol. The van der Waals surface area contributed by atoms with Gasteiger partial charge in [-0.1, -0.05) is 30.3 Å². The van der Waals surface area contributed by atoms with E-state index in [1.165, 1.54) is 0 Å². The number of hydrogen-bond donors (Lipinski definition) is 1. The number of aromatic nitrogens is 2. The van der Waals surface area contributed by atoms with Crippen molar-refractivity contribution in [3.63, 3.8) is 0 Å². The quantitative estimate of drug-likeness (QED) is 0.673. The number of aryl methyl sites for hydroxylation is 1. The van der Waals surface area contributed by atoms with Crippen LogP contribution in [-0.2, 0) is 16.5 Å². The van der Waals surface area contributed by atoms with Crippen molar-refractivity contribution in [2.45, 2.75) is 50.6 Å². The highest BCUT2D eigenvalue weighted by molar-refractivity contribution is 6.06. The van der Waals surface area contributed by atoms with Crippen molar-refractivity contribution in [1.82, 2.24) is 9.55 Å². The molecular weight excluding hydrogens is 368 g/mol. The van der Waals surface area contributed by atoms with Gasteiger partial charge in [-0.15, -0.1) is 0 Å². The molecule has 2 heterocycles. The monoisotopic (exact) mass is 392 g/mol. The van der Waals surface area contributed by atoms with Gasteiger partial charge < -0.3 is 19.1 Å². The van der Waals surface area contributed by atoms with Gasteiger partial charge >= 0.3 is 0 Å². The van der Waals surface area contributed by atoms with Crippen molar-refractivity contribution >= 4 is 16.8 Å². The van der Waals surface area contributed by atoms with Gasteiger partial charge in [0.25, 0.3) is 0 Å². The maximum atomic E-state index is 13.4. The van der Waals surface area contributed by atoms with Crippen LogP contribution in [0, 0.1) is 0 Å². The molecule has 0 radical (unpaired) electrons. The van der Waals surface area contributed by atoms with Gasteiger partial charge in [0, 0.05) is 13.0 Å². The minimum atomic E-state index is -0.898. The number of phenols is 1. The first-order chi connectivity index (χ1) is 13.9. The molecule has 0 spiro atoms. The Kier molecular flexibility index (Phi) is 4.05. The summed E-state index contributed by atoms with van der Waals surface area (Å²) in [5.41, 5.74) is 2.37. The summed E-state index contributed by atoms with van der Waals surface area (Å²) in [6.07, 6.45) is 0.845. The number of aromatic hydroxyl groups is 1. The van der Waals surface area contributed by atoms with Crippen LogP contribution in [0.5, 0.6) is 5.75 Å². The maximum Gasteiger partial charge on any atom is 0.198 e. The largest absolute Gasteiger partial charge is 0.505 e. The molecule has 29 heavy (non-hydrogen) atoms. The van der Waals surface area contributed by atoms with Gasteiger partial charge in [0.15, 0.2) is 23.4 Å². The summed E-state index contributed by atoms with van der Waals surface area (Å²) in [4.78, 5) is 18.1. The van der Waals surface area contributed by atoms with E-state index in [1.807, 2.05) is 48.0 Å². The minimum Gasteiger partial charge on any atom is -0.505 e. The first kappa shape index (κ1) is 18.3. The molecule has 150 valence electrons. The first-order valence-electron chi connectivity index (χ1n) is 9.99. The summed E-state index contributed by atoms with van der Waals surface area (Å²) in [6.45, 7) is 3.58. The SMILES string of the molecule is Cn1c(C2CC2)nc2c(O)c(C(=O)[C@@H]3OC(C)(C)O[C@H]3c3ccccc3)ccc21. The lowest BCUT2D eigenvalue weighted by Gasteiger charge is -2.17. The fourth-order valence-electron chi connectivity index (χ4n) is 4.16. The number of Topliss-reactive ketones (excluding diaryl/α,β-unsaturated/α-hetero) is 1. The normalized spacial score (nSPS) is 23.6. The Morgan fingerprint density at radius 3 is 2.55 bits per heavy atom. The highest BCUT2D eigenvalue weighted by Crippen LogP contribution is 2.43. The number of carbonyl (C=O) groups is 1. The van der Waals surface area contributed by atoms with Gasteiger partial charge in [0.05, 0.1) is 11.1 Å². The predicted octanol–water partition coefficient (Wildman–Crippen LogP) is 4.23. The summed E-state index contributed by atoms with van der Waals surface area (Å²) in [7, 11) is 1.95. The molecule has 2 fully saturated rings. The molecule has 1 N–H and O–H groups in total. The Labute approximate surface area is 169 Å². The first-order valence-corrected chi connectivity index (χ1v) is 9.99. The fourth-order valence-corrected chi connectivity index (χ4v) is 4.16. The van der Waals surface area contributed by atoms with Gasteiger partial charge in [-0.25, -0.2) is 4.98 Å². The van der Waals surface area contributed by atoms with Crippen molar-refractivity contribution in [1.29, 1.82) is 0 Å². The van der Waals surface area contributed by atoms with Gasteiger partial charge in [0.1, 0.15) is 17.4 Å². The Bertz CT molecular complexity index is 1100. The van der Waals surface area contributed by atoms with Crippen LogP contribution in [0.4, 0.5) is 0 Å². The van der Waals surface area contributed by atoms with Gasteiger partial charge in [-0.05, 0) is 44.4 Å². The summed E-state index contributed by atoms with van der Waals surface area (Å²) < 4.78 is 14.0. The number of ketones is 1. The average molecular weight is 392 g/mol. The molecule has 6 heteroatoms.